The maximum atomic E-state index is 12.4. The van der Waals surface area contributed by atoms with Gasteiger partial charge in [-0.1, -0.05) is 13.3 Å². The average molecular weight is 288 g/mol. The molecule has 0 radical (unpaired) electrons. The Morgan fingerprint density at radius 3 is 2.58 bits per heavy atom. The molecule has 1 aromatic rings. The maximum absolute atomic E-state index is 12.4. The van der Waals surface area contributed by atoms with E-state index in [0.717, 1.165) is 12.8 Å². The molecule has 0 aliphatic rings. The summed E-state index contributed by atoms with van der Waals surface area (Å²) in [4.78, 5) is 0.281. The molecule has 1 heterocycles. The van der Waals surface area contributed by atoms with Crippen molar-refractivity contribution in [3.05, 3.63) is 11.4 Å². The van der Waals surface area contributed by atoms with Crippen LogP contribution in [0.2, 0.25) is 0 Å². The van der Waals surface area contributed by atoms with Gasteiger partial charge < -0.3 is 5.73 Å². The lowest BCUT2D eigenvalue weighted by atomic mass is 10.2. The molecule has 19 heavy (non-hydrogen) atoms. The Morgan fingerprint density at radius 1 is 1.42 bits per heavy atom. The van der Waals surface area contributed by atoms with E-state index in [0.29, 0.717) is 24.5 Å². The SMILES string of the molecule is CCCC(C)NS(=O)(=O)c1c(C)nn(CCN)c1C. The van der Waals surface area contributed by atoms with Crippen LogP contribution in [0, 0.1) is 13.8 Å². The number of rotatable bonds is 7. The number of aromatic nitrogens is 2. The van der Waals surface area contributed by atoms with Crippen LogP contribution < -0.4 is 10.5 Å². The minimum absolute atomic E-state index is 0.0772. The van der Waals surface area contributed by atoms with E-state index in [4.69, 9.17) is 5.73 Å². The third-order valence-corrected chi connectivity index (χ3v) is 4.84. The number of hydrogen-bond acceptors (Lipinski definition) is 4. The molecule has 3 N–H and O–H groups in total. The van der Waals surface area contributed by atoms with Gasteiger partial charge in [0.05, 0.1) is 17.9 Å². The summed E-state index contributed by atoms with van der Waals surface area (Å²) in [5.74, 6) is 0. The van der Waals surface area contributed by atoms with Crippen LogP contribution in [0.5, 0.6) is 0 Å². The molecule has 0 aliphatic heterocycles. The smallest absolute Gasteiger partial charge is 0.244 e. The second-order valence-electron chi connectivity index (χ2n) is 4.82. The van der Waals surface area contributed by atoms with E-state index in [1.54, 1.807) is 18.5 Å². The second kappa shape index (κ2) is 6.49. The van der Waals surface area contributed by atoms with E-state index in [1.807, 2.05) is 13.8 Å². The molecule has 6 nitrogen and oxygen atoms in total. The summed E-state index contributed by atoms with van der Waals surface area (Å²) < 4.78 is 29.1. The first-order valence-electron chi connectivity index (χ1n) is 6.59. The molecule has 0 fully saturated rings. The molecule has 0 spiro atoms. The Kier molecular flexibility index (Phi) is 5.51. The summed E-state index contributed by atoms with van der Waals surface area (Å²) in [5, 5.41) is 4.24. The zero-order valence-corrected chi connectivity index (χ0v) is 12.9. The molecule has 1 rings (SSSR count). The van der Waals surface area contributed by atoms with Crippen LogP contribution in [0.15, 0.2) is 4.90 Å². The number of nitrogens with zero attached hydrogens (tertiary/aromatic N) is 2. The predicted molar refractivity (Wildman–Crippen MR) is 75.4 cm³/mol. The number of hydrogen-bond donors (Lipinski definition) is 2. The zero-order valence-electron chi connectivity index (χ0n) is 12.1. The Balaban J connectivity index is 3.08. The van der Waals surface area contributed by atoms with E-state index < -0.39 is 10.0 Å². The Bertz CT molecular complexity index is 522. The van der Waals surface area contributed by atoms with Crippen molar-refractivity contribution in [2.45, 2.75) is 58.0 Å². The minimum atomic E-state index is -3.51. The topological polar surface area (TPSA) is 90.0 Å². The Hall–Kier alpha value is -0.920. The van der Waals surface area contributed by atoms with Gasteiger partial charge in [-0.25, -0.2) is 13.1 Å². The third kappa shape index (κ3) is 3.77. The van der Waals surface area contributed by atoms with Gasteiger partial charge >= 0.3 is 0 Å². The van der Waals surface area contributed by atoms with Crippen LogP contribution in [-0.2, 0) is 16.6 Å². The summed E-state index contributed by atoms with van der Waals surface area (Å²) >= 11 is 0. The molecule has 0 amide bonds. The molecule has 1 atom stereocenters. The molecule has 0 bridgehead atoms. The number of sulfonamides is 1. The van der Waals surface area contributed by atoms with Crippen molar-refractivity contribution >= 4 is 10.0 Å². The van der Waals surface area contributed by atoms with E-state index in [2.05, 4.69) is 9.82 Å². The first-order chi connectivity index (χ1) is 8.83. The van der Waals surface area contributed by atoms with Crippen molar-refractivity contribution < 1.29 is 8.42 Å². The van der Waals surface area contributed by atoms with E-state index in [-0.39, 0.29) is 10.9 Å². The highest BCUT2D eigenvalue weighted by Crippen LogP contribution is 2.19. The average Bonchev–Trinajstić information content (AvgIpc) is 2.54. The molecule has 0 aromatic carbocycles. The molecule has 0 saturated carbocycles. The first kappa shape index (κ1) is 16.1. The summed E-state index contributed by atoms with van der Waals surface area (Å²) in [6, 6.07) is -0.0772. The van der Waals surface area contributed by atoms with Crippen LogP contribution >= 0.6 is 0 Å². The Labute approximate surface area is 115 Å². The van der Waals surface area contributed by atoms with Crippen molar-refractivity contribution in [2.75, 3.05) is 6.54 Å². The quantitative estimate of drug-likeness (QED) is 0.781. The van der Waals surface area contributed by atoms with Gasteiger partial charge in [-0.05, 0) is 27.2 Å². The fourth-order valence-corrected chi connectivity index (χ4v) is 3.91. The van der Waals surface area contributed by atoms with E-state index in [1.165, 1.54) is 0 Å². The van der Waals surface area contributed by atoms with Gasteiger partial charge in [0.15, 0.2) is 0 Å². The second-order valence-corrected chi connectivity index (χ2v) is 6.47. The van der Waals surface area contributed by atoms with Gasteiger partial charge in [0, 0.05) is 12.6 Å². The lowest BCUT2D eigenvalue weighted by molar-refractivity contribution is 0.542. The van der Waals surface area contributed by atoms with Crippen molar-refractivity contribution in [2.24, 2.45) is 5.73 Å². The van der Waals surface area contributed by atoms with Crippen LogP contribution in [0.25, 0.3) is 0 Å². The monoisotopic (exact) mass is 288 g/mol. The normalized spacial score (nSPS) is 13.7. The van der Waals surface area contributed by atoms with Gasteiger partial charge in [-0.3, -0.25) is 4.68 Å². The van der Waals surface area contributed by atoms with Crippen LogP contribution in [-0.4, -0.2) is 30.8 Å². The summed E-state index contributed by atoms with van der Waals surface area (Å²) in [5.41, 5.74) is 6.65. The van der Waals surface area contributed by atoms with Crippen molar-refractivity contribution in [1.29, 1.82) is 0 Å². The summed E-state index contributed by atoms with van der Waals surface area (Å²) in [6.07, 6.45) is 1.75. The van der Waals surface area contributed by atoms with Crippen LogP contribution in [0.3, 0.4) is 0 Å². The van der Waals surface area contributed by atoms with Gasteiger partial charge in [-0.15, -0.1) is 0 Å². The number of aryl methyl sites for hydroxylation is 1. The summed E-state index contributed by atoms with van der Waals surface area (Å²) in [7, 11) is -3.51. The molecule has 0 aliphatic carbocycles. The van der Waals surface area contributed by atoms with Crippen molar-refractivity contribution in [3.8, 4) is 0 Å². The molecule has 1 unspecified atom stereocenters. The highest BCUT2D eigenvalue weighted by Gasteiger charge is 2.25. The van der Waals surface area contributed by atoms with Gasteiger partial charge in [0.1, 0.15) is 4.90 Å². The Morgan fingerprint density at radius 2 is 2.05 bits per heavy atom. The van der Waals surface area contributed by atoms with E-state index >= 15 is 0 Å². The molecule has 7 heteroatoms. The molecular weight excluding hydrogens is 264 g/mol. The number of nitrogens with one attached hydrogen (secondary N) is 1. The highest BCUT2D eigenvalue weighted by atomic mass is 32.2. The van der Waals surface area contributed by atoms with Crippen molar-refractivity contribution in [3.63, 3.8) is 0 Å². The van der Waals surface area contributed by atoms with Gasteiger partial charge in [-0.2, -0.15) is 5.10 Å². The predicted octanol–water partition coefficient (Wildman–Crippen LogP) is 0.926. The van der Waals surface area contributed by atoms with Crippen molar-refractivity contribution in [1.82, 2.24) is 14.5 Å². The van der Waals surface area contributed by atoms with E-state index in [9.17, 15) is 8.42 Å². The van der Waals surface area contributed by atoms with Crippen LogP contribution in [0.1, 0.15) is 38.1 Å². The zero-order chi connectivity index (χ0) is 14.6. The van der Waals surface area contributed by atoms with Gasteiger partial charge in [0.25, 0.3) is 0 Å². The molecule has 110 valence electrons. The third-order valence-electron chi connectivity index (χ3n) is 3.00. The lowest BCUT2D eigenvalue weighted by Gasteiger charge is -2.13. The fraction of sp³-hybridized carbons (Fsp3) is 0.750. The largest absolute Gasteiger partial charge is 0.329 e. The fourth-order valence-electron chi connectivity index (χ4n) is 2.23. The first-order valence-corrected chi connectivity index (χ1v) is 8.08. The highest BCUT2D eigenvalue weighted by molar-refractivity contribution is 7.89. The molecule has 0 saturated heterocycles. The molecule has 1 aromatic heterocycles. The summed E-state index contributed by atoms with van der Waals surface area (Å²) in [6.45, 7) is 8.32. The standard InChI is InChI=1S/C12H24N4O2S/c1-5-6-9(2)15-19(17,18)12-10(3)14-16(8-7-13)11(12)4/h9,15H,5-8,13H2,1-4H3. The van der Waals surface area contributed by atoms with Crippen LogP contribution in [0.4, 0.5) is 0 Å². The maximum Gasteiger partial charge on any atom is 0.244 e. The minimum Gasteiger partial charge on any atom is -0.329 e. The number of nitrogens with two attached hydrogens (primary N) is 1. The molecular formula is C12H24N4O2S. The lowest BCUT2D eigenvalue weighted by Crippen LogP contribution is -2.33. The van der Waals surface area contributed by atoms with Gasteiger partial charge in [0.2, 0.25) is 10.0 Å².